The van der Waals surface area contributed by atoms with E-state index in [-0.39, 0.29) is 24.3 Å². The average molecular weight is 519 g/mol. The molecule has 1 atom stereocenters. The fourth-order valence-electron chi connectivity index (χ4n) is 3.73. The van der Waals surface area contributed by atoms with Crippen LogP contribution in [-0.4, -0.2) is 41.1 Å². The Morgan fingerprint density at radius 3 is 2.43 bits per heavy atom. The third kappa shape index (κ3) is 6.01. The van der Waals surface area contributed by atoms with Crippen LogP contribution in [0, 0.1) is 11.6 Å². The molecule has 184 valence electrons. The summed E-state index contributed by atoms with van der Waals surface area (Å²) in [6.45, 7) is 3.22. The number of amides is 1. The van der Waals surface area contributed by atoms with E-state index in [1.165, 1.54) is 46.6 Å². The quantitative estimate of drug-likeness (QED) is 0.507. The van der Waals surface area contributed by atoms with Gasteiger partial charge in [-0.2, -0.15) is 0 Å². The number of aliphatic hydroxyl groups is 1. The molecular formula is C25H24F2N2O4S2. The van der Waals surface area contributed by atoms with Crippen molar-refractivity contribution in [1.29, 1.82) is 0 Å². The van der Waals surface area contributed by atoms with E-state index in [4.69, 9.17) is 0 Å². The molecule has 3 aromatic rings. The summed E-state index contributed by atoms with van der Waals surface area (Å²) in [6, 6.07) is 9.39. The van der Waals surface area contributed by atoms with Gasteiger partial charge in [-0.3, -0.25) is 4.79 Å². The predicted octanol–water partition coefficient (Wildman–Crippen LogP) is 4.20. The molecule has 1 aromatic heterocycles. The van der Waals surface area contributed by atoms with Crippen LogP contribution in [0.15, 0.2) is 59.3 Å². The number of nitrogens with zero attached hydrogens (tertiary/aromatic N) is 2. The molecule has 0 fully saturated rings. The minimum Gasteiger partial charge on any atom is -0.384 e. The monoisotopic (exact) mass is 518 g/mol. The van der Waals surface area contributed by atoms with Gasteiger partial charge in [0.15, 0.2) is 9.84 Å². The second kappa shape index (κ2) is 9.60. The van der Waals surface area contributed by atoms with Gasteiger partial charge in [0.25, 0.3) is 0 Å². The molecule has 1 aliphatic rings. The molecule has 0 aliphatic carbocycles. The Kier molecular flexibility index (Phi) is 6.90. The van der Waals surface area contributed by atoms with Gasteiger partial charge in [-0.05, 0) is 54.8 Å². The number of halogens is 2. The average Bonchev–Trinajstić information content (AvgIpc) is 3.40. The van der Waals surface area contributed by atoms with Gasteiger partial charge in [-0.25, -0.2) is 22.2 Å². The molecule has 0 saturated carbocycles. The summed E-state index contributed by atoms with van der Waals surface area (Å²) in [5, 5.41) is 13.5. The normalized spacial score (nSPS) is 17.0. The van der Waals surface area contributed by atoms with Crippen molar-refractivity contribution < 1.29 is 27.1 Å². The summed E-state index contributed by atoms with van der Waals surface area (Å²) in [4.78, 5) is 19.0. The van der Waals surface area contributed by atoms with Gasteiger partial charge in [0.05, 0.1) is 30.5 Å². The van der Waals surface area contributed by atoms with Crippen molar-refractivity contribution >= 4 is 27.1 Å². The number of rotatable bonds is 7. The Labute approximate surface area is 206 Å². The van der Waals surface area contributed by atoms with Crippen molar-refractivity contribution in [3.05, 3.63) is 87.2 Å². The van der Waals surface area contributed by atoms with E-state index in [1.807, 2.05) is 0 Å². The number of thiazole rings is 1. The molecule has 1 N–H and O–H groups in total. The predicted molar refractivity (Wildman–Crippen MR) is 130 cm³/mol. The standard InChI is InChI=1S/C25H24F2N2O4S2/c1-25(2,31)22-14-34-23(28-22)13-29(20-9-10-35(32,33)15-20)24(30)12-18-4-3-17(11-21(18)27)16-5-7-19(26)8-6-16/h3-11,14,20,31H,12-13,15H2,1-2H3. The highest BCUT2D eigenvalue weighted by atomic mass is 32.2. The summed E-state index contributed by atoms with van der Waals surface area (Å²) in [7, 11) is -3.44. The van der Waals surface area contributed by atoms with Crippen LogP contribution in [-0.2, 0) is 33.2 Å². The molecule has 2 aromatic carbocycles. The first kappa shape index (κ1) is 25.2. The van der Waals surface area contributed by atoms with Crippen molar-refractivity contribution in [2.24, 2.45) is 0 Å². The summed E-state index contributed by atoms with van der Waals surface area (Å²) in [5.41, 5.74) is 0.629. The van der Waals surface area contributed by atoms with Crippen LogP contribution in [0.5, 0.6) is 0 Å². The number of sulfone groups is 1. The third-order valence-corrected chi connectivity index (χ3v) is 7.90. The van der Waals surface area contributed by atoms with E-state index in [2.05, 4.69) is 4.98 Å². The van der Waals surface area contributed by atoms with Crippen LogP contribution in [0.3, 0.4) is 0 Å². The molecule has 35 heavy (non-hydrogen) atoms. The lowest BCUT2D eigenvalue weighted by Crippen LogP contribution is -2.41. The third-order valence-electron chi connectivity index (χ3n) is 5.69. The molecule has 0 bridgehead atoms. The molecule has 2 heterocycles. The number of hydrogen-bond acceptors (Lipinski definition) is 6. The van der Waals surface area contributed by atoms with E-state index in [0.717, 1.165) is 5.41 Å². The maximum absolute atomic E-state index is 14.9. The molecule has 1 amide bonds. The highest BCUT2D eigenvalue weighted by Crippen LogP contribution is 2.26. The highest BCUT2D eigenvalue weighted by molar-refractivity contribution is 7.94. The van der Waals surface area contributed by atoms with Crippen molar-refractivity contribution in [2.75, 3.05) is 5.75 Å². The van der Waals surface area contributed by atoms with Crippen LogP contribution in [0.4, 0.5) is 8.78 Å². The first-order chi connectivity index (χ1) is 16.4. The molecular weight excluding hydrogens is 494 g/mol. The Morgan fingerprint density at radius 1 is 1.17 bits per heavy atom. The fraction of sp³-hybridized carbons (Fsp3) is 0.280. The zero-order valence-electron chi connectivity index (χ0n) is 19.1. The lowest BCUT2D eigenvalue weighted by atomic mass is 10.0. The zero-order valence-corrected chi connectivity index (χ0v) is 20.7. The second-order valence-electron chi connectivity index (χ2n) is 8.92. The van der Waals surface area contributed by atoms with E-state index in [0.29, 0.717) is 21.8 Å². The fourth-order valence-corrected chi connectivity index (χ4v) is 5.98. The van der Waals surface area contributed by atoms with Crippen molar-refractivity contribution in [3.63, 3.8) is 0 Å². The first-order valence-electron chi connectivity index (χ1n) is 10.8. The number of carbonyl (C=O) groups is 1. The van der Waals surface area contributed by atoms with Gasteiger partial charge < -0.3 is 10.0 Å². The highest BCUT2D eigenvalue weighted by Gasteiger charge is 2.32. The molecule has 1 unspecified atom stereocenters. The number of carbonyl (C=O) groups excluding carboxylic acids is 1. The minimum atomic E-state index is -3.44. The Morgan fingerprint density at radius 2 is 1.86 bits per heavy atom. The Balaban J connectivity index is 1.57. The lowest BCUT2D eigenvalue weighted by molar-refractivity contribution is -0.132. The van der Waals surface area contributed by atoms with Gasteiger partial charge in [0, 0.05) is 10.8 Å². The topological polar surface area (TPSA) is 87.6 Å². The van der Waals surface area contributed by atoms with E-state index < -0.39 is 39.0 Å². The number of benzene rings is 2. The summed E-state index contributed by atoms with van der Waals surface area (Å²) in [6.07, 6.45) is 1.18. The van der Waals surface area contributed by atoms with Crippen LogP contribution < -0.4 is 0 Å². The molecule has 6 nitrogen and oxygen atoms in total. The maximum Gasteiger partial charge on any atom is 0.228 e. The Bertz CT molecular complexity index is 1380. The first-order valence-corrected chi connectivity index (χ1v) is 13.4. The van der Waals surface area contributed by atoms with E-state index in [9.17, 15) is 27.1 Å². The van der Waals surface area contributed by atoms with Gasteiger partial charge in [0.2, 0.25) is 5.91 Å². The summed E-state index contributed by atoms with van der Waals surface area (Å²) < 4.78 is 52.1. The largest absolute Gasteiger partial charge is 0.384 e. The second-order valence-corrected chi connectivity index (χ2v) is 11.8. The van der Waals surface area contributed by atoms with Crippen molar-refractivity contribution in [1.82, 2.24) is 9.88 Å². The smallest absolute Gasteiger partial charge is 0.228 e. The van der Waals surface area contributed by atoms with Crippen LogP contribution in [0.1, 0.15) is 30.1 Å². The van der Waals surface area contributed by atoms with E-state index in [1.54, 1.807) is 37.4 Å². The number of aromatic nitrogens is 1. The molecule has 0 spiro atoms. The molecule has 0 radical (unpaired) electrons. The molecule has 0 saturated heterocycles. The molecule has 1 aliphatic heterocycles. The lowest BCUT2D eigenvalue weighted by Gasteiger charge is -2.27. The van der Waals surface area contributed by atoms with Crippen LogP contribution in [0.2, 0.25) is 0 Å². The van der Waals surface area contributed by atoms with Crippen molar-refractivity contribution in [3.8, 4) is 11.1 Å². The summed E-state index contributed by atoms with van der Waals surface area (Å²) in [5.74, 6) is -1.69. The van der Waals surface area contributed by atoms with Crippen molar-refractivity contribution in [2.45, 2.75) is 38.5 Å². The Hall–Kier alpha value is -2.95. The van der Waals surface area contributed by atoms with Gasteiger partial charge >= 0.3 is 0 Å². The summed E-state index contributed by atoms with van der Waals surface area (Å²) >= 11 is 1.25. The van der Waals surface area contributed by atoms with E-state index >= 15 is 0 Å². The molecule has 4 rings (SSSR count). The minimum absolute atomic E-state index is 0.0272. The van der Waals surface area contributed by atoms with Gasteiger partial charge in [-0.15, -0.1) is 11.3 Å². The van der Waals surface area contributed by atoms with Gasteiger partial charge in [0.1, 0.15) is 22.2 Å². The molecule has 10 heteroatoms. The SMILES string of the molecule is CC(C)(O)c1csc(CN(C(=O)Cc2ccc(-c3ccc(F)cc3)cc2F)C2C=CS(=O)(=O)C2)n1. The zero-order chi connectivity index (χ0) is 25.4. The van der Waals surface area contributed by atoms with Crippen LogP contribution in [0.25, 0.3) is 11.1 Å². The number of hydrogen-bond donors (Lipinski definition) is 1. The van der Waals surface area contributed by atoms with Gasteiger partial charge in [-0.1, -0.05) is 24.3 Å². The maximum atomic E-state index is 14.9. The van der Waals surface area contributed by atoms with Crippen LogP contribution >= 0.6 is 11.3 Å².